The summed E-state index contributed by atoms with van der Waals surface area (Å²) in [4.78, 5) is 5.20. The molecule has 0 saturated heterocycles. The molecule has 0 bridgehead atoms. The zero-order valence-corrected chi connectivity index (χ0v) is 26.4. The second kappa shape index (κ2) is 9.74. The van der Waals surface area contributed by atoms with Crippen molar-refractivity contribution in [1.29, 1.82) is 0 Å². The summed E-state index contributed by atoms with van der Waals surface area (Å²) >= 11 is 0. The van der Waals surface area contributed by atoms with Crippen LogP contribution in [0.3, 0.4) is 0 Å². The normalized spacial score (nSPS) is 14.3. The molecule has 2 aliphatic heterocycles. The van der Waals surface area contributed by atoms with Gasteiger partial charge in [-0.15, -0.1) is 0 Å². The quantitative estimate of drug-likeness (QED) is 0.189. The molecule has 0 N–H and O–H groups in total. The van der Waals surface area contributed by atoms with Gasteiger partial charge in [0.05, 0.1) is 11.4 Å². The molecule has 0 atom stereocenters. The predicted octanol–water partition coefficient (Wildman–Crippen LogP) is 9.12. The summed E-state index contributed by atoms with van der Waals surface area (Å²) in [6.45, 7) is 9.16. The Hall–Kier alpha value is -5.02. The van der Waals surface area contributed by atoms with Crippen LogP contribution in [0.1, 0.15) is 39.8 Å². The van der Waals surface area contributed by atoms with Gasteiger partial charge >= 0.3 is 0 Å². The third-order valence-electron chi connectivity index (χ3n) is 10.4. The van der Waals surface area contributed by atoms with Gasteiger partial charge in [-0.2, -0.15) is 0 Å². The van der Waals surface area contributed by atoms with Crippen LogP contribution in [-0.4, -0.2) is 6.71 Å². The number of aryl methyl sites for hydroxylation is 5. The lowest BCUT2D eigenvalue weighted by Gasteiger charge is -2.46. The SMILES string of the molecule is Cc1cccc(C)c1N1c2cccc3c2B(c2ccc4c(c21)C=CCC4)c1ccc2ccccc2c1N3c1c(C)cccc1C. The van der Waals surface area contributed by atoms with Crippen molar-refractivity contribution >= 4 is 74.1 Å². The molecule has 3 heteroatoms. The van der Waals surface area contributed by atoms with E-state index in [-0.39, 0.29) is 6.71 Å². The first-order valence-corrected chi connectivity index (χ1v) is 16.2. The zero-order valence-electron chi connectivity index (χ0n) is 26.4. The van der Waals surface area contributed by atoms with E-state index in [0.29, 0.717) is 0 Å². The molecule has 0 unspecified atom stereocenters. The Morgan fingerprint density at radius 2 is 1.11 bits per heavy atom. The van der Waals surface area contributed by atoms with Gasteiger partial charge in [-0.25, -0.2) is 0 Å². The smallest absolute Gasteiger partial charge is 0.252 e. The van der Waals surface area contributed by atoms with E-state index in [1.165, 1.54) is 94.7 Å². The van der Waals surface area contributed by atoms with Crippen LogP contribution in [0.15, 0.2) is 109 Å². The Labute approximate surface area is 266 Å². The van der Waals surface area contributed by atoms with Gasteiger partial charge in [0, 0.05) is 33.7 Å². The van der Waals surface area contributed by atoms with Gasteiger partial charge < -0.3 is 9.80 Å². The minimum Gasteiger partial charge on any atom is -0.310 e. The molecular formula is C42H35BN2. The summed E-state index contributed by atoms with van der Waals surface area (Å²) in [6.07, 6.45) is 6.93. The van der Waals surface area contributed by atoms with Crippen molar-refractivity contribution in [2.75, 3.05) is 9.80 Å². The highest BCUT2D eigenvalue weighted by molar-refractivity contribution is 7.00. The van der Waals surface area contributed by atoms with Crippen molar-refractivity contribution < 1.29 is 0 Å². The number of rotatable bonds is 2. The zero-order chi connectivity index (χ0) is 30.4. The lowest BCUT2D eigenvalue weighted by molar-refractivity contribution is 0.984. The van der Waals surface area contributed by atoms with Crippen LogP contribution in [0.5, 0.6) is 0 Å². The molecule has 1 aliphatic carbocycles. The van der Waals surface area contributed by atoms with E-state index in [2.05, 4.69) is 153 Å². The van der Waals surface area contributed by atoms with E-state index < -0.39 is 0 Å². The molecule has 6 aromatic carbocycles. The number of anilines is 6. The number of hydrogen-bond donors (Lipinski definition) is 0. The van der Waals surface area contributed by atoms with Gasteiger partial charge in [0.1, 0.15) is 0 Å². The molecule has 0 spiro atoms. The van der Waals surface area contributed by atoms with Crippen molar-refractivity contribution in [3.8, 4) is 0 Å². The monoisotopic (exact) mass is 578 g/mol. The standard InChI is InChI=1S/C42H35BN2/c1-26-12-9-13-27(2)39(26)44-36-20-11-21-37-38(36)43(34-24-22-30-16-5-7-18-32(30)41(34)44)35-25-23-31-17-6-8-19-33(31)42(35)45(37)40-28(3)14-10-15-29(40)4/h5,7-16,18-25H,6,17H2,1-4H3. The van der Waals surface area contributed by atoms with Gasteiger partial charge in [-0.1, -0.05) is 103 Å². The van der Waals surface area contributed by atoms with Gasteiger partial charge in [-0.05, 0) is 102 Å². The Morgan fingerprint density at radius 3 is 1.80 bits per heavy atom. The molecule has 0 amide bonds. The minimum atomic E-state index is 0.118. The van der Waals surface area contributed by atoms with E-state index in [9.17, 15) is 0 Å². The fraction of sp³-hybridized carbons (Fsp3) is 0.143. The molecule has 45 heavy (non-hydrogen) atoms. The number of nitrogens with zero attached hydrogens (tertiary/aromatic N) is 2. The maximum absolute atomic E-state index is 2.61. The van der Waals surface area contributed by atoms with Gasteiger partial charge in [0.2, 0.25) is 0 Å². The van der Waals surface area contributed by atoms with Crippen LogP contribution < -0.4 is 26.2 Å². The van der Waals surface area contributed by atoms with Crippen molar-refractivity contribution in [3.05, 3.63) is 143 Å². The second-order valence-electron chi connectivity index (χ2n) is 13.0. The highest BCUT2D eigenvalue weighted by Gasteiger charge is 2.45. The Bertz CT molecular complexity index is 2200. The van der Waals surface area contributed by atoms with E-state index in [0.717, 1.165) is 12.8 Å². The van der Waals surface area contributed by atoms with Crippen LogP contribution in [-0.2, 0) is 6.42 Å². The molecule has 0 aromatic heterocycles. The van der Waals surface area contributed by atoms with Crippen LogP contribution in [0.4, 0.5) is 34.1 Å². The van der Waals surface area contributed by atoms with Crippen molar-refractivity contribution in [2.24, 2.45) is 0 Å². The molecule has 0 fully saturated rings. The molecule has 2 heterocycles. The first-order chi connectivity index (χ1) is 22.0. The van der Waals surface area contributed by atoms with E-state index in [1.807, 2.05) is 0 Å². The summed E-state index contributed by atoms with van der Waals surface area (Å²) in [7, 11) is 0. The molecule has 6 aromatic rings. The number of para-hydroxylation sites is 2. The number of fused-ring (bicyclic) bond motifs is 8. The van der Waals surface area contributed by atoms with Crippen LogP contribution >= 0.6 is 0 Å². The van der Waals surface area contributed by atoms with Gasteiger partial charge in [0.15, 0.2) is 0 Å². The lowest BCUT2D eigenvalue weighted by Crippen LogP contribution is -2.61. The van der Waals surface area contributed by atoms with Crippen LogP contribution in [0.25, 0.3) is 16.8 Å². The number of benzene rings is 6. The predicted molar refractivity (Wildman–Crippen MR) is 194 cm³/mol. The maximum Gasteiger partial charge on any atom is 0.252 e. The van der Waals surface area contributed by atoms with Gasteiger partial charge in [-0.3, -0.25) is 0 Å². The van der Waals surface area contributed by atoms with Crippen molar-refractivity contribution in [2.45, 2.75) is 40.5 Å². The molecular weight excluding hydrogens is 543 g/mol. The van der Waals surface area contributed by atoms with Crippen molar-refractivity contribution in [3.63, 3.8) is 0 Å². The van der Waals surface area contributed by atoms with Gasteiger partial charge in [0.25, 0.3) is 6.71 Å². The molecule has 9 rings (SSSR count). The average molecular weight is 579 g/mol. The topological polar surface area (TPSA) is 6.48 Å². The third kappa shape index (κ3) is 3.64. The fourth-order valence-electron chi connectivity index (χ4n) is 8.48. The maximum atomic E-state index is 2.61. The average Bonchev–Trinajstić information content (AvgIpc) is 3.06. The molecule has 0 radical (unpaired) electrons. The summed E-state index contributed by atoms with van der Waals surface area (Å²) in [6, 6.07) is 38.9. The van der Waals surface area contributed by atoms with E-state index >= 15 is 0 Å². The summed E-state index contributed by atoms with van der Waals surface area (Å²) in [5.74, 6) is 0. The Balaban J connectivity index is 1.46. The highest BCUT2D eigenvalue weighted by Crippen LogP contribution is 2.49. The highest BCUT2D eigenvalue weighted by atomic mass is 15.2. The molecule has 0 saturated carbocycles. The number of allylic oxidation sites excluding steroid dienone is 1. The summed E-state index contributed by atoms with van der Waals surface area (Å²) in [5, 5.41) is 2.57. The van der Waals surface area contributed by atoms with Crippen molar-refractivity contribution in [1.82, 2.24) is 0 Å². The summed E-state index contributed by atoms with van der Waals surface area (Å²) < 4.78 is 0. The summed E-state index contributed by atoms with van der Waals surface area (Å²) in [5.41, 5.74) is 19.9. The minimum absolute atomic E-state index is 0.118. The lowest BCUT2D eigenvalue weighted by atomic mass is 9.33. The van der Waals surface area contributed by atoms with E-state index in [4.69, 9.17) is 0 Å². The largest absolute Gasteiger partial charge is 0.310 e. The fourth-order valence-corrected chi connectivity index (χ4v) is 8.48. The molecule has 3 aliphatic rings. The molecule has 2 nitrogen and oxygen atoms in total. The second-order valence-corrected chi connectivity index (χ2v) is 13.0. The Morgan fingerprint density at radius 1 is 0.533 bits per heavy atom. The van der Waals surface area contributed by atoms with E-state index in [1.54, 1.807) is 0 Å². The first kappa shape index (κ1) is 26.4. The number of hydrogen-bond acceptors (Lipinski definition) is 2. The first-order valence-electron chi connectivity index (χ1n) is 16.2. The molecule has 216 valence electrons. The third-order valence-corrected chi connectivity index (χ3v) is 10.4. The van der Waals surface area contributed by atoms with Crippen LogP contribution in [0.2, 0.25) is 0 Å². The van der Waals surface area contributed by atoms with Crippen LogP contribution in [0, 0.1) is 27.7 Å². The Kier molecular flexibility index (Phi) is 5.71.